The van der Waals surface area contributed by atoms with Gasteiger partial charge in [-0.1, -0.05) is 6.92 Å². The Morgan fingerprint density at radius 2 is 2.24 bits per heavy atom. The standard InChI is InChI=1S/C13H16BrNOS/c1-3-12-10(6-7-16-12)11(15-2)8-9-4-5-13(14)17-9/h4-7,11,15H,3,8H2,1-2H3. The van der Waals surface area contributed by atoms with Crippen LogP contribution in [0.4, 0.5) is 0 Å². The van der Waals surface area contributed by atoms with Crippen LogP contribution in [0.1, 0.15) is 29.2 Å². The molecule has 0 aliphatic carbocycles. The highest BCUT2D eigenvalue weighted by Crippen LogP contribution is 2.28. The van der Waals surface area contributed by atoms with Gasteiger partial charge in [-0.2, -0.15) is 0 Å². The van der Waals surface area contributed by atoms with Crippen molar-refractivity contribution in [3.8, 4) is 0 Å². The van der Waals surface area contributed by atoms with Crippen molar-refractivity contribution >= 4 is 27.3 Å². The van der Waals surface area contributed by atoms with E-state index in [0.29, 0.717) is 6.04 Å². The first-order chi connectivity index (χ1) is 8.24. The van der Waals surface area contributed by atoms with Crippen molar-refractivity contribution in [1.82, 2.24) is 5.32 Å². The van der Waals surface area contributed by atoms with Crippen molar-refractivity contribution < 1.29 is 4.42 Å². The third kappa shape index (κ3) is 3.00. The smallest absolute Gasteiger partial charge is 0.108 e. The van der Waals surface area contributed by atoms with Crippen LogP contribution in [0.25, 0.3) is 0 Å². The summed E-state index contributed by atoms with van der Waals surface area (Å²) in [6, 6.07) is 6.67. The number of furan rings is 1. The predicted octanol–water partition coefficient (Wildman–Crippen LogP) is 4.17. The third-order valence-corrected chi connectivity index (χ3v) is 4.50. The van der Waals surface area contributed by atoms with Gasteiger partial charge < -0.3 is 9.73 Å². The highest BCUT2D eigenvalue weighted by atomic mass is 79.9. The number of likely N-dealkylation sites (N-methyl/N-ethyl adjacent to an activating group) is 1. The number of thiophene rings is 1. The summed E-state index contributed by atoms with van der Waals surface area (Å²) in [6.07, 6.45) is 3.72. The molecule has 1 N–H and O–H groups in total. The molecule has 0 aliphatic rings. The van der Waals surface area contributed by atoms with Crippen molar-refractivity contribution in [2.24, 2.45) is 0 Å². The molecule has 0 bridgehead atoms. The molecule has 2 aromatic heterocycles. The average molecular weight is 314 g/mol. The van der Waals surface area contributed by atoms with E-state index in [1.807, 2.05) is 7.05 Å². The van der Waals surface area contributed by atoms with Gasteiger partial charge >= 0.3 is 0 Å². The number of halogens is 1. The van der Waals surface area contributed by atoms with E-state index in [9.17, 15) is 0 Å². The highest BCUT2D eigenvalue weighted by molar-refractivity contribution is 9.11. The first-order valence-electron chi connectivity index (χ1n) is 5.72. The van der Waals surface area contributed by atoms with E-state index in [1.165, 1.54) is 14.2 Å². The van der Waals surface area contributed by atoms with Gasteiger partial charge in [-0.15, -0.1) is 11.3 Å². The maximum atomic E-state index is 5.49. The molecule has 0 radical (unpaired) electrons. The SMILES string of the molecule is CCc1occc1C(Cc1ccc(Br)s1)NC. The topological polar surface area (TPSA) is 25.2 Å². The Balaban J connectivity index is 2.16. The molecule has 0 fully saturated rings. The Morgan fingerprint density at radius 3 is 2.82 bits per heavy atom. The van der Waals surface area contributed by atoms with E-state index in [0.717, 1.165) is 18.6 Å². The summed E-state index contributed by atoms with van der Waals surface area (Å²) in [5, 5.41) is 3.37. The van der Waals surface area contributed by atoms with Crippen LogP contribution in [-0.4, -0.2) is 7.05 Å². The molecule has 2 nitrogen and oxygen atoms in total. The number of hydrogen-bond donors (Lipinski definition) is 1. The number of rotatable bonds is 5. The fourth-order valence-electron chi connectivity index (χ4n) is 1.98. The minimum atomic E-state index is 0.328. The molecular formula is C13H16BrNOS. The molecule has 0 aliphatic heterocycles. The maximum absolute atomic E-state index is 5.49. The van der Waals surface area contributed by atoms with Gasteiger partial charge in [-0.05, 0) is 41.2 Å². The fourth-order valence-corrected chi connectivity index (χ4v) is 3.51. The van der Waals surface area contributed by atoms with Gasteiger partial charge in [0.05, 0.1) is 10.0 Å². The molecule has 2 heterocycles. The second kappa shape index (κ2) is 5.85. The lowest BCUT2D eigenvalue weighted by atomic mass is 10.0. The molecule has 0 amide bonds. The fraction of sp³-hybridized carbons (Fsp3) is 0.385. The zero-order chi connectivity index (χ0) is 12.3. The quantitative estimate of drug-likeness (QED) is 0.896. The zero-order valence-corrected chi connectivity index (χ0v) is 12.4. The lowest BCUT2D eigenvalue weighted by Gasteiger charge is -2.15. The predicted molar refractivity (Wildman–Crippen MR) is 75.6 cm³/mol. The molecule has 1 unspecified atom stereocenters. The Morgan fingerprint density at radius 1 is 1.41 bits per heavy atom. The lowest BCUT2D eigenvalue weighted by molar-refractivity contribution is 0.496. The Labute approximate surface area is 114 Å². The minimum absolute atomic E-state index is 0.328. The normalized spacial score (nSPS) is 12.9. The van der Waals surface area contributed by atoms with Crippen molar-refractivity contribution in [1.29, 1.82) is 0 Å². The minimum Gasteiger partial charge on any atom is -0.469 e. The summed E-state index contributed by atoms with van der Waals surface area (Å²) in [5.41, 5.74) is 1.28. The molecule has 1 atom stereocenters. The molecule has 17 heavy (non-hydrogen) atoms. The van der Waals surface area contributed by atoms with Crippen LogP contribution in [0.5, 0.6) is 0 Å². The maximum Gasteiger partial charge on any atom is 0.108 e. The van der Waals surface area contributed by atoms with Crippen LogP contribution < -0.4 is 5.32 Å². The lowest BCUT2D eigenvalue weighted by Crippen LogP contribution is -2.19. The van der Waals surface area contributed by atoms with Gasteiger partial charge in [0.1, 0.15) is 5.76 Å². The van der Waals surface area contributed by atoms with Crippen LogP contribution in [0.2, 0.25) is 0 Å². The molecule has 2 rings (SSSR count). The van der Waals surface area contributed by atoms with E-state index in [4.69, 9.17) is 4.42 Å². The molecular weight excluding hydrogens is 298 g/mol. The van der Waals surface area contributed by atoms with E-state index < -0.39 is 0 Å². The van der Waals surface area contributed by atoms with Gasteiger partial charge in [0.25, 0.3) is 0 Å². The summed E-state index contributed by atoms with van der Waals surface area (Å²) in [6.45, 7) is 2.12. The summed E-state index contributed by atoms with van der Waals surface area (Å²) in [7, 11) is 2.00. The van der Waals surface area contributed by atoms with Crippen LogP contribution in [0.15, 0.2) is 32.7 Å². The summed E-state index contributed by atoms with van der Waals surface area (Å²) in [5.74, 6) is 1.08. The zero-order valence-electron chi connectivity index (χ0n) is 10.00. The number of nitrogens with one attached hydrogen (secondary N) is 1. The Bertz CT molecular complexity index is 477. The van der Waals surface area contributed by atoms with Crippen molar-refractivity contribution in [3.05, 3.63) is 44.4 Å². The van der Waals surface area contributed by atoms with Crippen LogP contribution in [0.3, 0.4) is 0 Å². The molecule has 0 aromatic carbocycles. The van der Waals surface area contributed by atoms with Gasteiger partial charge in [0.15, 0.2) is 0 Å². The Kier molecular flexibility index (Phi) is 4.42. The first-order valence-corrected chi connectivity index (χ1v) is 7.33. The molecule has 4 heteroatoms. The van der Waals surface area contributed by atoms with Gasteiger partial charge in [-0.25, -0.2) is 0 Å². The van der Waals surface area contributed by atoms with Crippen LogP contribution >= 0.6 is 27.3 Å². The van der Waals surface area contributed by atoms with Gasteiger partial charge in [-0.3, -0.25) is 0 Å². The third-order valence-electron chi connectivity index (χ3n) is 2.86. The van der Waals surface area contributed by atoms with E-state index in [1.54, 1.807) is 17.6 Å². The highest BCUT2D eigenvalue weighted by Gasteiger charge is 2.16. The van der Waals surface area contributed by atoms with Crippen molar-refractivity contribution in [3.63, 3.8) is 0 Å². The second-order valence-electron chi connectivity index (χ2n) is 3.90. The molecule has 0 saturated heterocycles. The summed E-state index contributed by atoms with van der Waals surface area (Å²) >= 11 is 5.29. The van der Waals surface area contributed by atoms with Gasteiger partial charge in [0.2, 0.25) is 0 Å². The largest absolute Gasteiger partial charge is 0.469 e. The molecule has 0 saturated carbocycles. The van der Waals surface area contributed by atoms with E-state index >= 15 is 0 Å². The van der Waals surface area contributed by atoms with Crippen LogP contribution in [-0.2, 0) is 12.8 Å². The number of aryl methyl sites for hydroxylation is 1. The molecule has 0 spiro atoms. The second-order valence-corrected chi connectivity index (χ2v) is 6.45. The first kappa shape index (κ1) is 12.9. The van der Waals surface area contributed by atoms with Crippen LogP contribution in [0, 0.1) is 0 Å². The summed E-state index contributed by atoms with van der Waals surface area (Å²) in [4.78, 5) is 1.37. The van der Waals surface area contributed by atoms with E-state index in [2.05, 4.69) is 46.4 Å². The van der Waals surface area contributed by atoms with Gasteiger partial charge in [0, 0.05) is 29.3 Å². The van der Waals surface area contributed by atoms with Crippen molar-refractivity contribution in [2.45, 2.75) is 25.8 Å². The van der Waals surface area contributed by atoms with E-state index in [-0.39, 0.29) is 0 Å². The van der Waals surface area contributed by atoms with Crippen molar-refractivity contribution in [2.75, 3.05) is 7.05 Å². The summed E-state index contributed by atoms with van der Waals surface area (Å²) < 4.78 is 6.68. The molecule has 92 valence electrons. The number of hydrogen-bond acceptors (Lipinski definition) is 3. The molecule has 2 aromatic rings. The Hall–Kier alpha value is -0.580. The average Bonchev–Trinajstić information content (AvgIpc) is 2.94. The monoisotopic (exact) mass is 313 g/mol.